The van der Waals surface area contributed by atoms with Crippen LogP contribution in [0.1, 0.15) is 37.7 Å². The molecule has 0 atom stereocenters. The average Bonchev–Trinajstić information content (AvgIpc) is 3.36. The second kappa shape index (κ2) is 6.29. The highest BCUT2D eigenvalue weighted by atomic mass is 16.5. The highest BCUT2D eigenvalue weighted by Gasteiger charge is 2.40. The summed E-state index contributed by atoms with van der Waals surface area (Å²) in [7, 11) is 0. The van der Waals surface area contributed by atoms with Crippen molar-refractivity contribution < 1.29 is 9.53 Å². The monoisotopic (exact) mass is 273 g/mol. The largest absolute Gasteiger partial charge is 0.445 e. The van der Waals surface area contributed by atoms with Gasteiger partial charge in [0.05, 0.1) is 0 Å². The standard InChI is InChI=1S/C17H23NO2/c19-17(20-12-13-4-2-1-3-5-13)18-11-10-16(14-6-7-14)15-8-9-15/h1-5,14-16H,6-12H2,(H,18,19). The van der Waals surface area contributed by atoms with Gasteiger partial charge in [0.25, 0.3) is 0 Å². The normalized spacial score (nSPS) is 18.1. The molecule has 0 unspecified atom stereocenters. The third kappa shape index (κ3) is 3.99. The Morgan fingerprint density at radius 2 is 1.80 bits per heavy atom. The van der Waals surface area contributed by atoms with Crippen molar-refractivity contribution in [1.29, 1.82) is 0 Å². The van der Waals surface area contributed by atoms with Crippen LogP contribution in [0.25, 0.3) is 0 Å². The van der Waals surface area contributed by atoms with Gasteiger partial charge in [0, 0.05) is 6.54 Å². The molecule has 2 aliphatic rings. The summed E-state index contributed by atoms with van der Waals surface area (Å²) in [5.74, 6) is 2.75. The van der Waals surface area contributed by atoms with E-state index < -0.39 is 0 Å². The van der Waals surface area contributed by atoms with Crippen LogP contribution < -0.4 is 5.32 Å². The molecule has 0 aromatic heterocycles. The molecule has 108 valence electrons. The minimum atomic E-state index is -0.292. The summed E-state index contributed by atoms with van der Waals surface area (Å²) in [6.45, 7) is 1.10. The smallest absolute Gasteiger partial charge is 0.407 e. The molecule has 2 saturated carbocycles. The van der Waals surface area contributed by atoms with E-state index >= 15 is 0 Å². The minimum absolute atomic E-state index is 0.292. The molecule has 3 nitrogen and oxygen atoms in total. The van der Waals surface area contributed by atoms with Crippen molar-refractivity contribution in [2.45, 2.75) is 38.7 Å². The molecule has 1 aromatic rings. The van der Waals surface area contributed by atoms with Gasteiger partial charge in [-0.2, -0.15) is 0 Å². The van der Waals surface area contributed by atoms with Crippen LogP contribution in [-0.2, 0) is 11.3 Å². The number of alkyl carbamates (subject to hydrolysis) is 1. The summed E-state index contributed by atoms with van der Waals surface area (Å²) in [4.78, 5) is 11.6. The van der Waals surface area contributed by atoms with Crippen LogP contribution in [0.3, 0.4) is 0 Å². The molecular weight excluding hydrogens is 250 g/mol. The maximum Gasteiger partial charge on any atom is 0.407 e. The average molecular weight is 273 g/mol. The van der Waals surface area contributed by atoms with Crippen LogP contribution in [0.2, 0.25) is 0 Å². The maximum atomic E-state index is 11.6. The van der Waals surface area contributed by atoms with Gasteiger partial charge < -0.3 is 10.1 Å². The maximum absolute atomic E-state index is 11.6. The zero-order valence-electron chi connectivity index (χ0n) is 11.9. The second-order valence-corrected chi connectivity index (χ2v) is 6.12. The van der Waals surface area contributed by atoms with Gasteiger partial charge >= 0.3 is 6.09 Å². The van der Waals surface area contributed by atoms with E-state index in [0.29, 0.717) is 6.61 Å². The van der Waals surface area contributed by atoms with Gasteiger partial charge in [-0.15, -0.1) is 0 Å². The summed E-state index contributed by atoms with van der Waals surface area (Å²) >= 11 is 0. The van der Waals surface area contributed by atoms with Crippen LogP contribution >= 0.6 is 0 Å². The Hall–Kier alpha value is -1.51. The van der Waals surface area contributed by atoms with Crippen molar-refractivity contribution in [3.8, 4) is 0 Å². The summed E-state index contributed by atoms with van der Waals surface area (Å²) in [5.41, 5.74) is 1.02. The number of carbonyl (C=O) groups is 1. The molecular formula is C17H23NO2. The Morgan fingerprint density at radius 1 is 1.15 bits per heavy atom. The Labute approximate surface area is 120 Å². The topological polar surface area (TPSA) is 38.3 Å². The van der Waals surface area contributed by atoms with E-state index in [-0.39, 0.29) is 6.09 Å². The van der Waals surface area contributed by atoms with Gasteiger partial charge in [-0.25, -0.2) is 4.79 Å². The molecule has 0 radical (unpaired) electrons. The molecule has 20 heavy (non-hydrogen) atoms. The highest BCUT2D eigenvalue weighted by Crippen LogP contribution is 2.50. The molecule has 0 bridgehead atoms. The van der Waals surface area contributed by atoms with Crippen molar-refractivity contribution in [3.05, 3.63) is 35.9 Å². The van der Waals surface area contributed by atoms with E-state index in [4.69, 9.17) is 4.74 Å². The van der Waals surface area contributed by atoms with Crippen molar-refractivity contribution in [3.63, 3.8) is 0 Å². The second-order valence-electron chi connectivity index (χ2n) is 6.12. The SMILES string of the molecule is O=C(NCCC(C1CC1)C1CC1)OCc1ccccc1. The summed E-state index contributed by atoms with van der Waals surface area (Å²) in [6.07, 6.45) is 6.44. The molecule has 2 aliphatic carbocycles. The van der Waals surface area contributed by atoms with Gasteiger partial charge in [-0.1, -0.05) is 30.3 Å². The number of hydrogen-bond acceptors (Lipinski definition) is 2. The lowest BCUT2D eigenvalue weighted by Gasteiger charge is -2.15. The van der Waals surface area contributed by atoms with Crippen LogP contribution in [0.5, 0.6) is 0 Å². The first-order valence-corrected chi connectivity index (χ1v) is 7.77. The van der Waals surface area contributed by atoms with Crippen LogP contribution in [0.15, 0.2) is 30.3 Å². The van der Waals surface area contributed by atoms with Gasteiger partial charge in [-0.3, -0.25) is 0 Å². The highest BCUT2D eigenvalue weighted by molar-refractivity contribution is 5.67. The molecule has 2 fully saturated rings. The Kier molecular flexibility index (Phi) is 4.24. The fraction of sp³-hybridized carbons (Fsp3) is 0.588. The van der Waals surface area contributed by atoms with Crippen molar-refractivity contribution >= 4 is 6.09 Å². The van der Waals surface area contributed by atoms with E-state index in [1.807, 2.05) is 30.3 Å². The van der Waals surface area contributed by atoms with Crippen LogP contribution in [0, 0.1) is 17.8 Å². The third-order valence-corrected chi connectivity index (χ3v) is 4.41. The van der Waals surface area contributed by atoms with Gasteiger partial charge in [0.2, 0.25) is 0 Å². The van der Waals surface area contributed by atoms with E-state index in [9.17, 15) is 4.79 Å². The fourth-order valence-electron chi connectivity index (χ4n) is 3.02. The van der Waals surface area contributed by atoms with Crippen LogP contribution in [-0.4, -0.2) is 12.6 Å². The predicted molar refractivity (Wildman–Crippen MR) is 78.2 cm³/mol. The number of ether oxygens (including phenoxy) is 1. The van der Waals surface area contributed by atoms with Crippen molar-refractivity contribution in [2.75, 3.05) is 6.54 Å². The molecule has 1 N–H and O–H groups in total. The minimum Gasteiger partial charge on any atom is -0.445 e. The molecule has 1 amide bonds. The van der Waals surface area contributed by atoms with Gasteiger partial charge in [-0.05, 0) is 55.4 Å². The molecule has 0 heterocycles. The number of rotatable bonds is 7. The van der Waals surface area contributed by atoms with E-state index in [2.05, 4.69) is 5.32 Å². The first-order valence-electron chi connectivity index (χ1n) is 7.77. The van der Waals surface area contributed by atoms with Crippen LogP contribution in [0.4, 0.5) is 4.79 Å². The third-order valence-electron chi connectivity index (χ3n) is 4.41. The van der Waals surface area contributed by atoms with E-state index in [0.717, 1.165) is 36.3 Å². The molecule has 0 aliphatic heterocycles. The molecule has 3 rings (SSSR count). The lowest BCUT2D eigenvalue weighted by Crippen LogP contribution is -2.27. The molecule has 0 saturated heterocycles. The summed E-state index contributed by atoms with van der Waals surface area (Å²) in [6, 6.07) is 9.78. The lowest BCUT2D eigenvalue weighted by atomic mass is 9.94. The number of hydrogen-bond donors (Lipinski definition) is 1. The summed E-state index contributed by atoms with van der Waals surface area (Å²) < 4.78 is 5.21. The Morgan fingerprint density at radius 3 is 2.40 bits per heavy atom. The predicted octanol–water partition coefficient (Wildman–Crippen LogP) is 3.74. The quantitative estimate of drug-likeness (QED) is 0.822. The summed E-state index contributed by atoms with van der Waals surface area (Å²) in [5, 5.41) is 2.89. The van der Waals surface area contributed by atoms with Gasteiger partial charge in [0.15, 0.2) is 0 Å². The van der Waals surface area contributed by atoms with Gasteiger partial charge in [0.1, 0.15) is 6.61 Å². The zero-order valence-corrected chi connectivity index (χ0v) is 11.9. The number of amides is 1. The number of nitrogens with one attached hydrogen (secondary N) is 1. The first-order chi connectivity index (χ1) is 9.83. The zero-order chi connectivity index (χ0) is 13.8. The van der Waals surface area contributed by atoms with Crippen molar-refractivity contribution in [2.24, 2.45) is 17.8 Å². The van der Waals surface area contributed by atoms with Crippen molar-refractivity contribution in [1.82, 2.24) is 5.32 Å². The lowest BCUT2D eigenvalue weighted by molar-refractivity contribution is 0.138. The fourth-order valence-corrected chi connectivity index (χ4v) is 3.02. The molecule has 3 heteroatoms. The Balaban J connectivity index is 1.32. The van der Waals surface area contributed by atoms with E-state index in [1.54, 1.807) is 0 Å². The number of benzene rings is 1. The molecule has 0 spiro atoms. The number of carbonyl (C=O) groups excluding carboxylic acids is 1. The first kappa shape index (κ1) is 13.5. The molecule has 1 aromatic carbocycles. The van der Waals surface area contributed by atoms with E-state index in [1.165, 1.54) is 25.7 Å². The Bertz CT molecular complexity index is 426.